The second-order valence-electron chi connectivity index (χ2n) is 7.06. The van der Waals surface area contributed by atoms with Gasteiger partial charge < -0.3 is 28.3 Å². The standard InChI is InChI=1S/C18H34BO7PS/c1-13(17-18(3,26-17)11-25-19(27)28)16(24-12-21-4)15(22-5)9-7-6-8-10-23-14(2)20/h7,9,13,15-17,28H,6,8,10-12,27H2,1-5H3/b9-7+/t13-,15+,16-,17+,18-/m0/s1. The van der Waals surface area contributed by atoms with Crippen LogP contribution in [0.15, 0.2) is 12.2 Å². The molecule has 0 aromatic heterocycles. The third kappa shape index (κ3) is 9.12. The summed E-state index contributed by atoms with van der Waals surface area (Å²) in [6, 6.07) is 0. The van der Waals surface area contributed by atoms with Crippen molar-refractivity contribution in [1.29, 1.82) is 0 Å². The fourth-order valence-electron chi connectivity index (χ4n) is 3.12. The summed E-state index contributed by atoms with van der Waals surface area (Å²) in [6.07, 6.45) is 5.02. The van der Waals surface area contributed by atoms with Crippen LogP contribution in [0.2, 0.25) is 0 Å². The smallest absolute Gasteiger partial charge is 0.380 e. The van der Waals surface area contributed by atoms with Crippen LogP contribution in [-0.4, -0.2) is 70.0 Å². The van der Waals surface area contributed by atoms with Crippen molar-refractivity contribution < 1.29 is 33.1 Å². The van der Waals surface area contributed by atoms with E-state index in [-0.39, 0.29) is 48.5 Å². The van der Waals surface area contributed by atoms with Crippen LogP contribution in [0.25, 0.3) is 0 Å². The lowest BCUT2D eigenvalue weighted by Crippen LogP contribution is -2.40. The summed E-state index contributed by atoms with van der Waals surface area (Å²) in [5, 5.41) is 0. The highest BCUT2D eigenvalue weighted by atomic mass is 32.1. The van der Waals surface area contributed by atoms with E-state index in [9.17, 15) is 4.79 Å². The summed E-state index contributed by atoms with van der Waals surface area (Å²) in [7, 11) is 5.73. The molecule has 1 saturated heterocycles. The Labute approximate surface area is 176 Å². The first-order valence-corrected chi connectivity index (χ1v) is 10.6. The molecule has 7 nitrogen and oxygen atoms in total. The molecule has 0 spiro atoms. The molecule has 0 amide bonds. The zero-order valence-electron chi connectivity index (χ0n) is 17.5. The number of carbonyl (C=O) groups is 1. The van der Waals surface area contributed by atoms with Gasteiger partial charge in [-0.15, -0.1) is 9.12 Å². The van der Waals surface area contributed by atoms with E-state index in [1.165, 1.54) is 6.92 Å². The molecule has 0 N–H and O–H groups in total. The Morgan fingerprint density at radius 2 is 2.14 bits per heavy atom. The molecular weight excluding hydrogens is 402 g/mol. The van der Waals surface area contributed by atoms with Crippen LogP contribution >= 0.6 is 21.6 Å². The van der Waals surface area contributed by atoms with E-state index < -0.39 is 0 Å². The zero-order valence-corrected chi connectivity index (χ0v) is 19.5. The number of carbonyl (C=O) groups excluding carboxylic acids is 1. The van der Waals surface area contributed by atoms with Gasteiger partial charge in [0.1, 0.15) is 18.5 Å². The minimum atomic E-state index is -0.363. The molecule has 1 aliphatic rings. The third-order valence-corrected chi connectivity index (χ3v) is 4.94. The van der Waals surface area contributed by atoms with E-state index >= 15 is 0 Å². The van der Waals surface area contributed by atoms with Gasteiger partial charge in [-0.2, -0.15) is 12.5 Å². The van der Waals surface area contributed by atoms with Crippen molar-refractivity contribution in [3.63, 3.8) is 0 Å². The van der Waals surface area contributed by atoms with E-state index in [1.54, 1.807) is 14.2 Å². The highest BCUT2D eigenvalue weighted by Crippen LogP contribution is 2.44. The molecule has 0 radical (unpaired) electrons. The maximum atomic E-state index is 10.8. The van der Waals surface area contributed by atoms with Crippen LogP contribution in [0.1, 0.15) is 33.6 Å². The number of esters is 1. The highest BCUT2D eigenvalue weighted by Gasteiger charge is 2.57. The average molecular weight is 436 g/mol. The molecule has 0 bridgehead atoms. The molecule has 162 valence electrons. The van der Waals surface area contributed by atoms with Crippen LogP contribution in [0, 0.1) is 5.92 Å². The predicted octanol–water partition coefficient (Wildman–Crippen LogP) is 2.49. The lowest BCUT2D eigenvalue weighted by molar-refractivity contribution is -0.141. The first-order chi connectivity index (χ1) is 13.2. The molecule has 1 fully saturated rings. The molecule has 10 heteroatoms. The normalized spacial score (nSPS) is 24.8. The van der Waals surface area contributed by atoms with Crippen LogP contribution in [0.5, 0.6) is 0 Å². The second kappa shape index (κ2) is 13.2. The maximum Gasteiger partial charge on any atom is 0.380 e. The quantitative estimate of drug-likeness (QED) is 0.0618. The Morgan fingerprint density at radius 1 is 1.43 bits per heavy atom. The van der Waals surface area contributed by atoms with Gasteiger partial charge in [0.2, 0.25) is 0 Å². The SMILES string of the molecule is COCO[C@@H]([C@H](C)[C@H]1O[C@@]1(C)COB(P)S)[C@@H](/C=C/CCCOC(C)=O)OC. The summed E-state index contributed by atoms with van der Waals surface area (Å²) >= 11 is 4.21. The third-order valence-electron chi connectivity index (χ3n) is 4.60. The van der Waals surface area contributed by atoms with Gasteiger partial charge in [0.15, 0.2) is 0 Å². The van der Waals surface area contributed by atoms with Gasteiger partial charge in [-0.1, -0.05) is 19.1 Å². The van der Waals surface area contributed by atoms with Crippen molar-refractivity contribution >= 4 is 33.5 Å². The number of hydrogen-bond acceptors (Lipinski definition) is 8. The number of epoxide rings is 1. The Hall–Kier alpha value is -0.145. The number of methoxy groups -OCH3 is 2. The van der Waals surface area contributed by atoms with Crippen molar-refractivity contribution in [2.75, 3.05) is 34.2 Å². The van der Waals surface area contributed by atoms with Gasteiger partial charge in [0.25, 0.3) is 0 Å². The number of rotatable bonds is 15. The van der Waals surface area contributed by atoms with E-state index in [0.29, 0.717) is 13.2 Å². The number of unbranched alkanes of at least 4 members (excludes halogenated alkanes) is 1. The van der Waals surface area contributed by atoms with Gasteiger partial charge >= 0.3 is 11.9 Å². The number of hydrogen-bond donors (Lipinski definition) is 1. The maximum absolute atomic E-state index is 10.8. The van der Waals surface area contributed by atoms with Crippen molar-refractivity contribution in [2.24, 2.45) is 5.92 Å². The van der Waals surface area contributed by atoms with Gasteiger partial charge in [-0.25, -0.2) is 0 Å². The molecule has 6 atom stereocenters. The zero-order chi connectivity index (χ0) is 21.2. The largest absolute Gasteiger partial charge is 0.466 e. The summed E-state index contributed by atoms with van der Waals surface area (Å²) in [4.78, 5) is 10.8. The van der Waals surface area contributed by atoms with Crippen molar-refractivity contribution in [3.05, 3.63) is 12.2 Å². The van der Waals surface area contributed by atoms with Crippen LogP contribution in [0.4, 0.5) is 0 Å². The summed E-state index contributed by atoms with van der Waals surface area (Å²) in [6.45, 7) is 6.54. The summed E-state index contributed by atoms with van der Waals surface area (Å²) < 4.78 is 33.1. The first kappa shape index (κ1) is 25.9. The molecule has 1 aliphatic heterocycles. The summed E-state index contributed by atoms with van der Waals surface area (Å²) in [5.41, 5.74) is -0.363. The molecular formula is C18H34BO7PS. The van der Waals surface area contributed by atoms with Crippen LogP contribution in [0.3, 0.4) is 0 Å². The Bertz CT molecular complexity index is 497. The lowest BCUT2D eigenvalue weighted by atomic mass is 9.90. The topological polar surface area (TPSA) is 75.8 Å². The monoisotopic (exact) mass is 436 g/mol. The average Bonchev–Trinajstić information content (AvgIpc) is 3.32. The fourth-order valence-corrected chi connectivity index (χ4v) is 3.29. The summed E-state index contributed by atoms with van der Waals surface area (Å²) in [5.74, 6) is -0.426. The van der Waals surface area contributed by atoms with Gasteiger partial charge in [-0.05, 0) is 19.8 Å². The number of allylic oxidation sites excluding steroid dienone is 1. The molecule has 28 heavy (non-hydrogen) atoms. The van der Waals surface area contributed by atoms with E-state index in [2.05, 4.69) is 28.5 Å². The van der Waals surface area contributed by atoms with Crippen LogP contribution in [-0.2, 0) is 33.1 Å². The van der Waals surface area contributed by atoms with Gasteiger partial charge in [0.05, 0.1) is 25.4 Å². The second-order valence-corrected chi connectivity index (χ2v) is 8.74. The Morgan fingerprint density at radius 3 is 2.71 bits per heavy atom. The number of thiol groups is 1. The molecule has 1 heterocycles. The highest BCUT2D eigenvalue weighted by molar-refractivity contribution is 8.23. The minimum absolute atomic E-state index is 0.0125. The minimum Gasteiger partial charge on any atom is -0.466 e. The van der Waals surface area contributed by atoms with Crippen molar-refractivity contribution in [2.45, 2.75) is 57.5 Å². The molecule has 0 aliphatic carbocycles. The van der Waals surface area contributed by atoms with E-state index in [4.69, 9.17) is 28.3 Å². The number of ether oxygens (including phenoxy) is 5. The van der Waals surface area contributed by atoms with E-state index in [1.807, 2.05) is 19.1 Å². The van der Waals surface area contributed by atoms with Crippen LogP contribution < -0.4 is 0 Å². The molecule has 0 aromatic rings. The predicted molar refractivity (Wildman–Crippen MR) is 115 cm³/mol. The van der Waals surface area contributed by atoms with Crippen molar-refractivity contribution in [3.8, 4) is 0 Å². The Balaban J connectivity index is 2.64. The molecule has 0 aromatic carbocycles. The van der Waals surface area contributed by atoms with Gasteiger partial charge in [0, 0.05) is 27.1 Å². The van der Waals surface area contributed by atoms with Gasteiger partial charge in [-0.3, -0.25) is 4.79 Å². The molecule has 1 unspecified atom stereocenters. The first-order valence-electron chi connectivity index (χ1n) is 9.41. The lowest BCUT2D eigenvalue weighted by Gasteiger charge is -2.29. The molecule has 1 rings (SSSR count). The molecule has 0 saturated carbocycles. The fraction of sp³-hybridized carbons (Fsp3) is 0.833. The Kier molecular flexibility index (Phi) is 12.2. The van der Waals surface area contributed by atoms with E-state index in [0.717, 1.165) is 12.8 Å². The van der Waals surface area contributed by atoms with Crippen molar-refractivity contribution in [1.82, 2.24) is 0 Å².